The molecular weight excluding hydrogens is 743 g/mol. The molecule has 2 aromatic heterocycles. The van der Waals surface area contributed by atoms with Crippen LogP contribution in [0.5, 0.6) is 0 Å². The summed E-state index contributed by atoms with van der Waals surface area (Å²) in [7, 11) is 0. The molecule has 0 saturated carbocycles. The molecule has 0 bridgehead atoms. The SMILES string of the molecule is c1ccc(-c2ccc(-c3ccc(-c4nc(-c5ccccc5)nc(-c5ccc6c(c5)oc5cccc(-c7cccc(-c8ccc(-c9ccccc9)cc8)c7)c56)n4)cc3)cc2)cc1. The van der Waals surface area contributed by atoms with Gasteiger partial charge in [-0.05, 0) is 79.9 Å². The Labute approximate surface area is 354 Å². The first-order valence-corrected chi connectivity index (χ1v) is 20.5. The minimum Gasteiger partial charge on any atom is -0.456 e. The van der Waals surface area contributed by atoms with Gasteiger partial charge in [0.25, 0.3) is 0 Å². The predicted molar refractivity (Wildman–Crippen MR) is 251 cm³/mol. The van der Waals surface area contributed by atoms with E-state index in [1.807, 2.05) is 48.5 Å². The van der Waals surface area contributed by atoms with Crippen LogP contribution in [-0.2, 0) is 0 Å². The summed E-state index contributed by atoms with van der Waals surface area (Å²) in [5.41, 5.74) is 16.0. The lowest BCUT2D eigenvalue weighted by Crippen LogP contribution is -2.00. The van der Waals surface area contributed by atoms with Gasteiger partial charge in [0.05, 0.1) is 0 Å². The van der Waals surface area contributed by atoms with Gasteiger partial charge in [0.2, 0.25) is 0 Å². The molecule has 0 spiro atoms. The first-order chi connectivity index (χ1) is 30.2. The minimum absolute atomic E-state index is 0.581. The molecule has 0 aliphatic rings. The fourth-order valence-electron chi connectivity index (χ4n) is 8.21. The molecular formula is C57H37N3O. The molecule has 0 unspecified atom stereocenters. The topological polar surface area (TPSA) is 51.8 Å². The number of furan rings is 1. The van der Waals surface area contributed by atoms with Gasteiger partial charge in [-0.2, -0.15) is 0 Å². The number of rotatable bonds is 8. The molecule has 0 fully saturated rings. The van der Waals surface area contributed by atoms with Crippen LogP contribution in [0.1, 0.15) is 0 Å². The largest absolute Gasteiger partial charge is 0.456 e. The number of nitrogens with zero attached hydrogens (tertiary/aromatic N) is 3. The van der Waals surface area contributed by atoms with E-state index in [1.54, 1.807) is 0 Å². The van der Waals surface area contributed by atoms with Crippen molar-refractivity contribution in [3.8, 4) is 89.8 Å². The Bertz CT molecular complexity index is 3300. The van der Waals surface area contributed by atoms with Crippen LogP contribution < -0.4 is 0 Å². The second kappa shape index (κ2) is 15.5. The van der Waals surface area contributed by atoms with Crippen molar-refractivity contribution in [3.63, 3.8) is 0 Å². The quantitative estimate of drug-likeness (QED) is 0.154. The maximum Gasteiger partial charge on any atom is 0.164 e. The van der Waals surface area contributed by atoms with Crippen molar-refractivity contribution in [1.29, 1.82) is 0 Å². The Morgan fingerprint density at radius 1 is 0.246 bits per heavy atom. The number of hydrogen-bond donors (Lipinski definition) is 0. The van der Waals surface area contributed by atoms with Crippen molar-refractivity contribution in [2.45, 2.75) is 0 Å². The van der Waals surface area contributed by atoms with Crippen molar-refractivity contribution in [2.75, 3.05) is 0 Å². The van der Waals surface area contributed by atoms with Crippen molar-refractivity contribution < 1.29 is 4.42 Å². The fourth-order valence-corrected chi connectivity index (χ4v) is 8.21. The normalized spacial score (nSPS) is 11.3. The summed E-state index contributed by atoms with van der Waals surface area (Å²) in [4.78, 5) is 15.1. The minimum atomic E-state index is 0.581. The lowest BCUT2D eigenvalue weighted by molar-refractivity contribution is 0.669. The maximum absolute atomic E-state index is 6.59. The van der Waals surface area contributed by atoms with Crippen LogP contribution in [0, 0.1) is 0 Å². The lowest BCUT2D eigenvalue weighted by atomic mass is 9.95. The van der Waals surface area contributed by atoms with Crippen molar-refractivity contribution in [1.82, 2.24) is 15.0 Å². The Morgan fingerprint density at radius 3 is 1.16 bits per heavy atom. The molecule has 4 nitrogen and oxygen atoms in total. The smallest absolute Gasteiger partial charge is 0.164 e. The highest BCUT2D eigenvalue weighted by Crippen LogP contribution is 2.39. The lowest BCUT2D eigenvalue weighted by Gasteiger charge is -2.10. The van der Waals surface area contributed by atoms with Gasteiger partial charge in [-0.25, -0.2) is 15.0 Å². The number of aromatic nitrogens is 3. The molecule has 0 atom stereocenters. The van der Waals surface area contributed by atoms with E-state index < -0.39 is 0 Å². The average Bonchev–Trinajstić information content (AvgIpc) is 3.73. The second-order valence-corrected chi connectivity index (χ2v) is 15.2. The van der Waals surface area contributed by atoms with Gasteiger partial charge in [-0.3, -0.25) is 0 Å². The molecule has 11 aromatic rings. The zero-order valence-corrected chi connectivity index (χ0v) is 33.1. The monoisotopic (exact) mass is 779 g/mol. The van der Waals surface area contributed by atoms with E-state index in [4.69, 9.17) is 19.4 Å². The van der Waals surface area contributed by atoms with Gasteiger partial charge in [0.1, 0.15) is 11.2 Å². The standard InChI is InChI=1S/C57H37N3O/c1-4-12-38(13-5-1)40-22-24-42(25-23-40)43-30-32-46(33-31-43)56-58-55(45-16-8-3-9-17-45)59-57(60-56)49-34-35-51-53(37-49)61-52-21-11-20-50(54(51)52)48-19-10-18-47(36-48)44-28-26-41(27-29-44)39-14-6-2-7-15-39/h1-37H. The third kappa shape index (κ3) is 7.07. The highest BCUT2D eigenvalue weighted by molar-refractivity contribution is 6.13. The Balaban J connectivity index is 0.933. The van der Waals surface area contributed by atoms with Crippen LogP contribution in [0.2, 0.25) is 0 Å². The summed E-state index contributed by atoms with van der Waals surface area (Å²) >= 11 is 0. The first-order valence-electron chi connectivity index (χ1n) is 20.5. The Morgan fingerprint density at radius 2 is 0.623 bits per heavy atom. The second-order valence-electron chi connectivity index (χ2n) is 15.2. The molecule has 0 aliphatic heterocycles. The molecule has 0 aliphatic carbocycles. The number of hydrogen-bond acceptors (Lipinski definition) is 4. The van der Waals surface area contributed by atoms with E-state index in [2.05, 4.69) is 176 Å². The third-order valence-corrected chi connectivity index (χ3v) is 11.4. The summed E-state index contributed by atoms with van der Waals surface area (Å²) in [5.74, 6) is 1.80. The predicted octanol–water partition coefficient (Wildman–Crippen LogP) is 15.1. The van der Waals surface area contributed by atoms with Crippen LogP contribution in [-0.4, -0.2) is 15.0 Å². The summed E-state index contributed by atoms with van der Waals surface area (Å²) in [5, 5.41) is 2.12. The van der Waals surface area contributed by atoms with Gasteiger partial charge >= 0.3 is 0 Å². The van der Waals surface area contributed by atoms with Crippen LogP contribution in [0.25, 0.3) is 112 Å². The molecule has 0 N–H and O–H groups in total. The van der Waals surface area contributed by atoms with E-state index in [0.717, 1.165) is 66.4 Å². The van der Waals surface area contributed by atoms with E-state index in [0.29, 0.717) is 17.5 Å². The molecule has 0 radical (unpaired) electrons. The Kier molecular flexibility index (Phi) is 9.14. The summed E-state index contributed by atoms with van der Waals surface area (Å²) in [6, 6.07) is 78.3. The van der Waals surface area contributed by atoms with Gasteiger partial charge < -0.3 is 4.42 Å². The van der Waals surface area contributed by atoms with Crippen LogP contribution in [0.4, 0.5) is 0 Å². The van der Waals surface area contributed by atoms with Gasteiger partial charge in [-0.15, -0.1) is 0 Å². The molecule has 61 heavy (non-hydrogen) atoms. The maximum atomic E-state index is 6.59. The van der Waals surface area contributed by atoms with Gasteiger partial charge in [0, 0.05) is 27.5 Å². The highest BCUT2D eigenvalue weighted by atomic mass is 16.3. The molecule has 2 heterocycles. The number of benzene rings is 9. The van der Waals surface area contributed by atoms with Crippen LogP contribution >= 0.6 is 0 Å². The van der Waals surface area contributed by atoms with Crippen molar-refractivity contribution in [3.05, 3.63) is 224 Å². The summed E-state index contributed by atoms with van der Waals surface area (Å²) in [6.45, 7) is 0. The zero-order chi connectivity index (χ0) is 40.5. The Hall–Kier alpha value is -8.21. The van der Waals surface area contributed by atoms with Crippen molar-refractivity contribution >= 4 is 21.9 Å². The first kappa shape index (κ1) is 35.9. The van der Waals surface area contributed by atoms with E-state index >= 15 is 0 Å². The van der Waals surface area contributed by atoms with Crippen LogP contribution in [0.15, 0.2) is 229 Å². The van der Waals surface area contributed by atoms with Gasteiger partial charge in [0.15, 0.2) is 17.5 Å². The summed E-state index contributed by atoms with van der Waals surface area (Å²) in [6.07, 6.45) is 0. The van der Waals surface area contributed by atoms with Crippen LogP contribution in [0.3, 0.4) is 0 Å². The third-order valence-electron chi connectivity index (χ3n) is 11.4. The molecule has 0 amide bonds. The van der Waals surface area contributed by atoms with E-state index in [1.165, 1.54) is 27.8 Å². The molecule has 9 aromatic carbocycles. The fraction of sp³-hybridized carbons (Fsp3) is 0. The van der Waals surface area contributed by atoms with Gasteiger partial charge in [-0.1, -0.05) is 200 Å². The van der Waals surface area contributed by atoms with E-state index in [9.17, 15) is 0 Å². The number of fused-ring (bicyclic) bond motifs is 3. The molecule has 4 heteroatoms. The van der Waals surface area contributed by atoms with E-state index in [-0.39, 0.29) is 0 Å². The average molecular weight is 780 g/mol. The van der Waals surface area contributed by atoms with Crippen molar-refractivity contribution in [2.24, 2.45) is 0 Å². The zero-order valence-electron chi connectivity index (χ0n) is 33.1. The molecule has 286 valence electrons. The molecule has 0 saturated heterocycles. The summed E-state index contributed by atoms with van der Waals surface area (Å²) < 4.78 is 6.59. The molecule has 11 rings (SSSR count). The highest BCUT2D eigenvalue weighted by Gasteiger charge is 2.17.